The monoisotopic (exact) mass is 247 g/mol. The maximum absolute atomic E-state index is 11.8. The predicted molar refractivity (Wildman–Crippen MR) is 69.4 cm³/mol. The van der Waals surface area contributed by atoms with Crippen LogP contribution in [0.2, 0.25) is 0 Å². The topological polar surface area (TPSA) is 58.6 Å². The molecule has 1 aromatic rings. The van der Waals surface area contributed by atoms with E-state index in [2.05, 4.69) is 11.2 Å². The molecular weight excluding hydrogens is 230 g/mol. The van der Waals surface area contributed by atoms with Gasteiger partial charge < -0.3 is 15.2 Å². The van der Waals surface area contributed by atoms with Crippen LogP contribution in [0.5, 0.6) is 5.75 Å². The normalized spacial score (nSPS) is 11.4. The second kappa shape index (κ2) is 7.36. The molecule has 0 spiro atoms. The van der Waals surface area contributed by atoms with Gasteiger partial charge in [-0.15, -0.1) is 6.42 Å². The number of ether oxygens (including phenoxy) is 1. The minimum Gasteiger partial charge on any atom is -0.481 e. The van der Waals surface area contributed by atoms with Gasteiger partial charge in [-0.05, 0) is 37.6 Å². The first kappa shape index (κ1) is 14.1. The molecule has 1 atom stereocenters. The average molecular weight is 247 g/mol. The van der Waals surface area contributed by atoms with Crippen molar-refractivity contribution in [3.63, 3.8) is 0 Å². The van der Waals surface area contributed by atoms with E-state index in [9.17, 15) is 4.79 Å². The molecule has 0 radical (unpaired) electrons. The van der Waals surface area contributed by atoms with E-state index in [1.165, 1.54) is 0 Å². The van der Waals surface area contributed by atoms with Crippen molar-refractivity contribution in [1.82, 2.24) is 5.32 Å². The lowest BCUT2D eigenvalue weighted by Crippen LogP contribution is -2.33. The molecule has 0 aliphatic rings. The van der Waals surface area contributed by atoms with Gasteiger partial charge in [0.2, 0.25) is 0 Å². The van der Waals surface area contributed by atoms with Gasteiger partial charge in [0.1, 0.15) is 12.4 Å². The second-order valence-electron chi connectivity index (χ2n) is 3.90. The summed E-state index contributed by atoms with van der Waals surface area (Å²) < 4.78 is 5.21. The summed E-state index contributed by atoms with van der Waals surface area (Å²) in [5.74, 6) is 2.83. The van der Waals surface area contributed by atoms with Crippen LogP contribution in [-0.4, -0.2) is 30.3 Å². The molecule has 0 heterocycles. The Labute approximate surface area is 107 Å². The van der Waals surface area contributed by atoms with Crippen molar-refractivity contribution in [1.29, 1.82) is 0 Å². The fourth-order valence-corrected chi connectivity index (χ4v) is 1.40. The smallest absolute Gasteiger partial charge is 0.251 e. The Morgan fingerprint density at radius 2 is 2.17 bits per heavy atom. The van der Waals surface area contributed by atoms with Gasteiger partial charge in [-0.2, -0.15) is 0 Å². The molecule has 0 saturated heterocycles. The third-order valence-corrected chi connectivity index (χ3v) is 2.38. The lowest BCUT2D eigenvalue weighted by Gasteiger charge is -2.12. The van der Waals surface area contributed by atoms with Crippen molar-refractivity contribution in [2.75, 3.05) is 13.2 Å². The lowest BCUT2D eigenvalue weighted by atomic mass is 10.1. The third kappa shape index (κ3) is 4.48. The van der Waals surface area contributed by atoms with Crippen molar-refractivity contribution in [2.24, 2.45) is 0 Å². The van der Waals surface area contributed by atoms with Gasteiger partial charge in [0, 0.05) is 18.2 Å². The van der Waals surface area contributed by atoms with E-state index < -0.39 is 0 Å². The first-order valence-electron chi connectivity index (χ1n) is 5.75. The Balaban J connectivity index is 2.56. The van der Waals surface area contributed by atoms with E-state index in [4.69, 9.17) is 16.3 Å². The standard InChI is InChI=1S/C14H17NO3/c1-3-10-18-13-6-4-12(5-7-13)14(17)15-11(2)8-9-16/h1,4-7,11,16H,8-10H2,2H3,(H,15,17). The van der Waals surface area contributed by atoms with Crippen LogP contribution in [0.3, 0.4) is 0 Å². The van der Waals surface area contributed by atoms with Crippen molar-refractivity contribution < 1.29 is 14.6 Å². The zero-order chi connectivity index (χ0) is 13.4. The molecular formula is C14H17NO3. The molecule has 96 valence electrons. The van der Waals surface area contributed by atoms with Crippen LogP contribution in [0.15, 0.2) is 24.3 Å². The number of amides is 1. The van der Waals surface area contributed by atoms with E-state index in [-0.39, 0.29) is 25.2 Å². The summed E-state index contributed by atoms with van der Waals surface area (Å²) >= 11 is 0. The molecule has 1 amide bonds. The largest absolute Gasteiger partial charge is 0.481 e. The third-order valence-electron chi connectivity index (χ3n) is 2.38. The number of hydrogen-bond donors (Lipinski definition) is 2. The van der Waals surface area contributed by atoms with Crippen LogP contribution in [-0.2, 0) is 0 Å². The van der Waals surface area contributed by atoms with Crippen molar-refractivity contribution in [3.8, 4) is 18.1 Å². The fraction of sp³-hybridized carbons (Fsp3) is 0.357. The van der Waals surface area contributed by atoms with E-state index in [1.807, 2.05) is 6.92 Å². The Kier molecular flexibility index (Phi) is 5.75. The van der Waals surface area contributed by atoms with Crippen molar-refractivity contribution >= 4 is 5.91 Å². The first-order chi connectivity index (χ1) is 8.67. The van der Waals surface area contributed by atoms with E-state index in [1.54, 1.807) is 24.3 Å². The zero-order valence-electron chi connectivity index (χ0n) is 10.3. The summed E-state index contributed by atoms with van der Waals surface area (Å²) in [6, 6.07) is 6.69. The number of benzene rings is 1. The second-order valence-corrected chi connectivity index (χ2v) is 3.90. The number of terminal acetylenes is 1. The van der Waals surface area contributed by atoms with Gasteiger partial charge in [-0.3, -0.25) is 4.79 Å². The minimum absolute atomic E-state index is 0.0557. The molecule has 4 nitrogen and oxygen atoms in total. The van der Waals surface area contributed by atoms with Gasteiger partial charge in [0.05, 0.1) is 0 Å². The molecule has 0 bridgehead atoms. The first-order valence-corrected chi connectivity index (χ1v) is 5.75. The van der Waals surface area contributed by atoms with Crippen LogP contribution >= 0.6 is 0 Å². The maximum Gasteiger partial charge on any atom is 0.251 e. The number of nitrogens with one attached hydrogen (secondary N) is 1. The Morgan fingerprint density at radius 1 is 1.50 bits per heavy atom. The minimum atomic E-state index is -0.167. The Morgan fingerprint density at radius 3 is 2.72 bits per heavy atom. The van der Waals surface area contributed by atoms with Crippen LogP contribution in [0.1, 0.15) is 23.7 Å². The van der Waals surface area contributed by atoms with E-state index in [0.717, 1.165) is 0 Å². The summed E-state index contributed by atoms with van der Waals surface area (Å²) in [5, 5.41) is 11.5. The molecule has 18 heavy (non-hydrogen) atoms. The van der Waals surface area contributed by atoms with E-state index >= 15 is 0 Å². The molecule has 1 aromatic carbocycles. The van der Waals surface area contributed by atoms with Gasteiger partial charge in [0.15, 0.2) is 0 Å². The van der Waals surface area contributed by atoms with Gasteiger partial charge >= 0.3 is 0 Å². The molecule has 0 saturated carbocycles. The highest BCUT2D eigenvalue weighted by Crippen LogP contribution is 2.12. The molecule has 4 heteroatoms. The summed E-state index contributed by atoms with van der Waals surface area (Å²) in [7, 11) is 0. The summed E-state index contributed by atoms with van der Waals surface area (Å²) in [4.78, 5) is 11.8. The number of carbonyl (C=O) groups excluding carboxylic acids is 1. The number of carbonyl (C=O) groups is 1. The number of hydrogen-bond acceptors (Lipinski definition) is 3. The van der Waals surface area contributed by atoms with Crippen LogP contribution in [0, 0.1) is 12.3 Å². The summed E-state index contributed by atoms with van der Waals surface area (Å²) in [5.41, 5.74) is 0.549. The predicted octanol–water partition coefficient (Wildman–Crippen LogP) is 1.20. The van der Waals surface area contributed by atoms with Crippen LogP contribution in [0.4, 0.5) is 0 Å². The van der Waals surface area contributed by atoms with Crippen LogP contribution < -0.4 is 10.1 Å². The number of aliphatic hydroxyl groups excluding tert-OH is 1. The molecule has 0 aromatic heterocycles. The Bertz CT molecular complexity index is 420. The molecule has 0 fully saturated rings. The fourth-order valence-electron chi connectivity index (χ4n) is 1.40. The highest BCUT2D eigenvalue weighted by Gasteiger charge is 2.09. The molecule has 0 aliphatic carbocycles. The lowest BCUT2D eigenvalue weighted by molar-refractivity contribution is 0.0934. The Hall–Kier alpha value is -1.99. The van der Waals surface area contributed by atoms with Gasteiger partial charge in [-0.1, -0.05) is 5.92 Å². The molecule has 2 N–H and O–H groups in total. The SMILES string of the molecule is C#CCOc1ccc(C(=O)NC(C)CCO)cc1. The van der Waals surface area contributed by atoms with Crippen molar-refractivity contribution in [3.05, 3.63) is 29.8 Å². The number of aliphatic hydroxyl groups is 1. The highest BCUT2D eigenvalue weighted by atomic mass is 16.5. The maximum atomic E-state index is 11.8. The highest BCUT2D eigenvalue weighted by molar-refractivity contribution is 5.94. The zero-order valence-corrected chi connectivity index (χ0v) is 10.3. The summed E-state index contributed by atoms with van der Waals surface area (Å²) in [6.45, 7) is 2.11. The van der Waals surface area contributed by atoms with E-state index in [0.29, 0.717) is 17.7 Å². The molecule has 1 rings (SSSR count). The summed E-state index contributed by atoms with van der Waals surface area (Å²) in [6.07, 6.45) is 5.62. The van der Waals surface area contributed by atoms with Crippen LogP contribution in [0.25, 0.3) is 0 Å². The average Bonchev–Trinajstić information content (AvgIpc) is 2.37. The van der Waals surface area contributed by atoms with Crippen molar-refractivity contribution in [2.45, 2.75) is 19.4 Å². The van der Waals surface area contributed by atoms with Gasteiger partial charge in [0.25, 0.3) is 5.91 Å². The van der Waals surface area contributed by atoms with Gasteiger partial charge in [-0.25, -0.2) is 0 Å². The molecule has 0 aliphatic heterocycles. The quantitative estimate of drug-likeness (QED) is 0.743. The molecule has 1 unspecified atom stereocenters. The number of rotatable bonds is 6.